The van der Waals surface area contributed by atoms with Crippen molar-refractivity contribution in [3.63, 3.8) is 0 Å². The predicted molar refractivity (Wildman–Crippen MR) is 51.9 cm³/mol. The van der Waals surface area contributed by atoms with Gasteiger partial charge in [0, 0.05) is 19.7 Å². The number of nitrogens with zero attached hydrogens (tertiary/aromatic N) is 3. The second kappa shape index (κ2) is 3.93. The maximum Gasteiger partial charge on any atom is 0.225 e. The number of nitrogens with two attached hydrogens (primary N) is 1. The van der Waals surface area contributed by atoms with Crippen molar-refractivity contribution in [2.45, 2.75) is 6.92 Å². The molecule has 0 bridgehead atoms. The molecule has 0 fully saturated rings. The third-order valence-electron chi connectivity index (χ3n) is 1.78. The van der Waals surface area contributed by atoms with Crippen molar-refractivity contribution in [1.29, 1.82) is 0 Å². The predicted octanol–water partition coefficient (Wildman–Crippen LogP) is 0.523. The van der Waals surface area contributed by atoms with E-state index in [1.165, 1.54) is 0 Å². The largest absolute Gasteiger partial charge is 0.481 e. The minimum Gasteiger partial charge on any atom is -0.481 e. The number of rotatable bonds is 3. The maximum atomic E-state index is 5.50. The van der Waals surface area contributed by atoms with Gasteiger partial charge in [0.2, 0.25) is 11.8 Å². The van der Waals surface area contributed by atoms with Gasteiger partial charge in [0.05, 0.1) is 7.11 Å². The highest BCUT2D eigenvalue weighted by molar-refractivity contribution is 5.44. The number of anilines is 2. The van der Waals surface area contributed by atoms with Crippen molar-refractivity contribution in [2.75, 3.05) is 31.3 Å². The molecule has 0 radical (unpaired) electrons. The van der Waals surface area contributed by atoms with Gasteiger partial charge in [-0.2, -0.15) is 9.97 Å². The lowest BCUT2D eigenvalue weighted by Crippen LogP contribution is -2.18. The number of hydrogen-bond donors (Lipinski definition) is 1. The van der Waals surface area contributed by atoms with E-state index < -0.39 is 0 Å². The zero-order valence-electron chi connectivity index (χ0n) is 8.11. The van der Waals surface area contributed by atoms with E-state index in [1.54, 1.807) is 13.2 Å². The third kappa shape index (κ3) is 2.21. The monoisotopic (exact) mass is 182 g/mol. The Hall–Kier alpha value is -1.52. The smallest absolute Gasteiger partial charge is 0.225 e. The van der Waals surface area contributed by atoms with Crippen molar-refractivity contribution >= 4 is 11.8 Å². The van der Waals surface area contributed by atoms with E-state index in [0.717, 1.165) is 12.4 Å². The molecule has 1 aromatic heterocycles. The lowest BCUT2D eigenvalue weighted by molar-refractivity contribution is 0.397. The van der Waals surface area contributed by atoms with E-state index in [2.05, 4.69) is 9.97 Å². The van der Waals surface area contributed by atoms with Gasteiger partial charge in [-0.05, 0) is 6.92 Å². The van der Waals surface area contributed by atoms with Crippen LogP contribution in [-0.2, 0) is 0 Å². The van der Waals surface area contributed by atoms with Crippen LogP contribution in [0.4, 0.5) is 11.8 Å². The molecule has 0 spiro atoms. The fourth-order valence-corrected chi connectivity index (χ4v) is 0.892. The minimum atomic E-state index is 0.231. The van der Waals surface area contributed by atoms with E-state index >= 15 is 0 Å². The Morgan fingerprint density at radius 1 is 1.54 bits per heavy atom. The summed E-state index contributed by atoms with van der Waals surface area (Å²) < 4.78 is 4.97. The van der Waals surface area contributed by atoms with E-state index in [9.17, 15) is 0 Å². The number of nitrogen functional groups attached to an aromatic ring is 1. The Labute approximate surface area is 77.5 Å². The van der Waals surface area contributed by atoms with Crippen molar-refractivity contribution in [1.82, 2.24) is 9.97 Å². The molecule has 5 heteroatoms. The summed E-state index contributed by atoms with van der Waals surface area (Å²) in [7, 11) is 3.48. The Morgan fingerprint density at radius 3 is 2.77 bits per heavy atom. The zero-order chi connectivity index (χ0) is 9.84. The van der Waals surface area contributed by atoms with Gasteiger partial charge < -0.3 is 15.4 Å². The Morgan fingerprint density at radius 2 is 2.23 bits per heavy atom. The summed E-state index contributed by atoms with van der Waals surface area (Å²) in [6.45, 7) is 2.89. The summed E-state index contributed by atoms with van der Waals surface area (Å²) in [4.78, 5) is 9.91. The van der Waals surface area contributed by atoms with Crippen molar-refractivity contribution < 1.29 is 4.74 Å². The van der Waals surface area contributed by atoms with Crippen molar-refractivity contribution in [3.8, 4) is 5.88 Å². The summed E-state index contributed by atoms with van der Waals surface area (Å²) in [5.41, 5.74) is 5.50. The highest BCUT2D eigenvalue weighted by Gasteiger charge is 2.04. The molecule has 72 valence electrons. The molecule has 0 saturated carbocycles. The van der Waals surface area contributed by atoms with E-state index in [-0.39, 0.29) is 5.95 Å². The first-order chi connectivity index (χ1) is 6.17. The van der Waals surface area contributed by atoms with Gasteiger partial charge in [-0.3, -0.25) is 0 Å². The summed E-state index contributed by atoms with van der Waals surface area (Å²) in [5.74, 6) is 1.49. The van der Waals surface area contributed by atoms with Crippen LogP contribution in [0.15, 0.2) is 6.07 Å². The molecule has 0 atom stereocenters. The molecule has 0 amide bonds. The lowest BCUT2D eigenvalue weighted by atomic mass is 10.5. The molecule has 1 heterocycles. The summed E-state index contributed by atoms with van der Waals surface area (Å²) >= 11 is 0. The van der Waals surface area contributed by atoms with Crippen LogP contribution in [0.25, 0.3) is 0 Å². The van der Waals surface area contributed by atoms with Crippen LogP contribution in [0.2, 0.25) is 0 Å². The number of hydrogen-bond acceptors (Lipinski definition) is 5. The van der Waals surface area contributed by atoms with Crippen LogP contribution in [-0.4, -0.2) is 30.7 Å². The summed E-state index contributed by atoms with van der Waals surface area (Å²) in [6.07, 6.45) is 0. The Kier molecular flexibility index (Phi) is 2.89. The van der Waals surface area contributed by atoms with Crippen molar-refractivity contribution in [2.24, 2.45) is 0 Å². The number of aromatic nitrogens is 2. The Balaban J connectivity index is 3.01. The summed E-state index contributed by atoms with van der Waals surface area (Å²) in [6, 6.07) is 1.75. The van der Waals surface area contributed by atoms with Crippen molar-refractivity contribution in [3.05, 3.63) is 6.07 Å². The molecule has 2 N–H and O–H groups in total. The SMILES string of the molecule is CCN(C)c1cc(OC)nc(N)n1. The van der Waals surface area contributed by atoms with Crippen LogP contribution in [0.3, 0.4) is 0 Å². The quantitative estimate of drug-likeness (QED) is 0.738. The second-order valence-electron chi connectivity index (χ2n) is 2.64. The Bertz CT molecular complexity index is 289. The third-order valence-corrected chi connectivity index (χ3v) is 1.78. The summed E-state index contributed by atoms with van der Waals surface area (Å²) in [5, 5.41) is 0. The lowest BCUT2D eigenvalue weighted by Gasteiger charge is -2.15. The first-order valence-corrected chi connectivity index (χ1v) is 4.07. The molecule has 1 aromatic rings. The molecule has 0 aliphatic heterocycles. The normalized spacial score (nSPS) is 9.77. The van der Waals surface area contributed by atoms with Crippen LogP contribution in [0.5, 0.6) is 5.88 Å². The van der Waals surface area contributed by atoms with Gasteiger partial charge in [-0.15, -0.1) is 0 Å². The van der Waals surface area contributed by atoms with Gasteiger partial charge in [0.1, 0.15) is 5.82 Å². The van der Waals surface area contributed by atoms with E-state index in [0.29, 0.717) is 5.88 Å². The van der Waals surface area contributed by atoms with Gasteiger partial charge in [-0.25, -0.2) is 0 Å². The fourth-order valence-electron chi connectivity index (χ4n) is 0.892. The highest BCUT2D eigenvalue weighted by Crippen LogP contribution is 2.16. The minimum absolute atomic E-state index is 0.231. The fraction of sp³-hybridized carbons (Fsp3) is 0.500. The first kappa shape index (κ1) is 9.57. The van der Waals surface area contributed by atoms with Gasteiger partial charge in [0.25, 0.3) is 0 Å². The van der Waals surface area contributed by atoms with Crippen LogP contribution in [0.1, 0.15) is 6.92 Å². The van der Waals surface area contributed by atoms with Crippen LogP contribution < -0.4 is 15.4 Å². The molecule has 5 nitrogen and oxygen atoms in total. The van der Waals surface area contributed by atoms with Gasteiger partial charge in [-0.1, -0.05) is 0 Å². The van der Waals surface area contributed by atoms with Crippen LogP contribution in [0, 0.1) is 0 Å². The van der Waals surface area contributed by atoms with E-state index in [1.807, 2.05) is 18.9 Å². The molecule has 0 unspecified atom stereocenters. The molecule has 0 aromatic carbocycles. The molecule has 0 aliphatic rings. The van der Waals surface area contributed by atoms with E-state index in [4.69, 9.17) is 10.5 Å². The second-order valence-corrected chi connectivity index (χ2v) is 2.64. The topological polar surface area (TPSA) is 64.3 Å². The molecule has 0 aliphatic carbocycles. The average molecular weight is 182 g/mol. The molecule has 0 saturated heterocycles. The molecular weight excluding hydrogens is 168 g/mol. The maximum absolute atomic E-state index is 5.50. The molecule has 13 heavy (non-hydrogen) atoms. The highest BCUT2D eigenvalue weighted by atomic mass is 16.5. The zero-order valence-corrected chi connectivity index (χ0v) is 8.11. The number of ether oxygens (including phenoxy) is 1. The standard InChI is InChI=1S/C8H14N4O/c1-4-12(2)6-5-7(13-3)11-8(9)10-6/h5H,4H2,1-3H3,(H2,9,10,11). The number of methoxy groups -OCH3 is 1. The molecular formula is C8H14N4O. The van der Waals surface area contributed by atoms with Gasteiger partial charge in [0.15, 0.2) is 0 Å². The molecule has 1 rings (SSSR count). The van der Waals surface area contributed by atoms with Gasteiger partial charge >= 0.3 is 0 Å². The van der Waals surface area contributed by atoms with Crippen LogP contribution >= 0.6 is 0 Å². The average Bonchev–Trinajstić information content (AvgIpc) is 2.15. The first-order valence-electron chi connectivity index (χ1n) is 4.07.